The average molecular weight is 494 g/mol. The Hall–Kier alpha value is -1.22. The van der Waals surface area contributed by atoms with Crippen LogP contribution in [0.1, 0.15) is 45.0 Å². The zero-order valence-corrected chi connectivity index (χ0v) is 19.4. The summed E-state index contributed by atoms with van der Waals surface area (Å²) in [7, 11) is 3.98. The molecular weight excluding hydrogens is 465 g/mol. The highest BCUT2D eigenvalue weighted by atomic mass is 127. The number of nitrogens with zero attached hydrogens (tertiary/aromatic N) is 4. The SMILES string of the molecule is CCNC(=NCc1ncc(C(C)(C)C)o1)N(C)Cc1cc(Cl)cn1C.I. The van der Waals surface area contributed by atoms with Gasteiger partial charge in [-0.1, -0.05) is 32.4 Å². The van der Waals surface area contributed by atoms with Gasteiger partial charge in [0.15, 0.2) is 5.96 Å². The third-order valence-corrected chi connectivity index (χ3v) is 4.03. The Morgan fingerprint density at radius 3 is 2.62 bits per heavy atom. The summed E-state index contributed by atoms with van der Waals surface area (Å²) in [6.45, 7) is 10.2. The first kappa shape index (κ1) is 22.8. The summed E-state index contributed by atoms with van der Waals surface area (Å²) in [6, 6.07) is 1.96. The van der Waals surface area contributed by atoms with Gasteiger partial charge in [-0.3, -0.25) is 0 Å². The van der Waals surface area contributed by atoms with E-state index in [2.05, 4.69) is 41.0 Å². The lowest BCUT2D eigenvalue weighted by atomic mass is 9.94. The second kappa shape index (κ2) is 9.64. The predicted octanol–water partition coefficient (Wildman–Crippen LogP) is 4.18. The summed E-state index contributed by atoms with van der Waals surface area (Å²) in [6.07, 6.45) is 3.68. The molecule has 2 rings (SSSR count). The molecule has 0 aliphatic rings. The fraction of sp³-hybridized carbons (Fsp3) is 0.556. The number of hydrogen-bond acceptors (Lipinski definition) is 3. The number of halogens is 2. The summed E-state index contributed by atoms with van der Waals surface area (Å²) in [4.78, 5) is 11.0. The second-order valence-electron chi connectivity index (χ2n) is 7.16. The topological polar surface area (TPSA) is 58.6 Å². The van der Waals surface area contributed by atoms with Gasteiger partial charge in [0.1, 0.15) is 12.3 Å². The van der Waals surface area contributed by atoms with Crippen LogP contribution in [0.4, 0.5) is 0 Å². The normalized spacial score (nSPS) is 12.0. The Bertz CT molecular complexity index is 732. The molecule has 0 bridgehead atoms. The van der Waals surface area contributed by atoms with E-state index in [1.807, 2.05) is 37.8 Å². The maximum atomic E-state index is 6.06. The Balaban J connectivity index is 0.00000338. The molecule has 0 aromatic carbocycles. The Morgan fingerprint density at radius 1 is 1.42 bits per heavy atom. The lowest BCUT2D eigenvalue weighted by molar-refractivity contribution is 0.382. The van der Waals surface area contributed by atoms with Crippen LogP contribution in [0.2, 0.25) is 5.02 Å². The van der Waals surface area contributed by atoms with Crippen molar-refractivity contribution in [2.24, 2.45) is 12.0 Å². The Labute approximate surface area is 178 Å². The van der Waals surface area contributed by atoms with Crippen molar-refractivity contribution in [3.8, 4) is 0 Å². The van der Waals surface area contributed by atoms with Crippen molar-refractivity contribution in [2.45, 2.75) is 46.2 Å². The molecule has 8 heteroatoms. The van der Waals surface area contributed by atoms with E-state index in [1.54, 1.807) is 6.20 Å². The molecule has 0 radical (unpaired) electrons. The molecule has 2 aromatic heterocycles. The zero-order chi connectivity index (χ0) is 18.6. The van der Waals surface area contributed by atoms with Crippen LogP contribution in [0.3, 0.4) is 0 Å². The van der Waals surface area contributed by atoms with Crippen LogP contribution in [0.15, 0.2) is 27.9 Å². The lowest BCUT2D eigenvalue weighted by Crippen LogP contribution is -2.38. The van der Waals surface area contributed by atoms with Crippen molar-refractivity contribution in [3.05, 3.63) is 40.8 Å². The molecule has 26 heavy (non-hydrogen) atoms. The molecule has 0 aliphatic carbocycles. The summed E-state index contributed by atoms with van der Waals surface area (Å²) in [5.41, 5.74) is 1.06. The summed E-state index contributed by atoms with van der Waals surface area (Å²) in [5.74, 6) is 2.29. The van der Waals surface area contributed by atoms with Crippen molar-refractivity contribution in [2.75, 3.05) is 13.6 Å². The van der Waals surface area contributed by atoms with Gasteiger partial charge in [0.25, 0.3) is 0 Å². The predicted molar refractivity (Wildman–Crippen MR) is 117 cm³/mol. The minimum atomic E-state index is -0.0535. The van der Waals surface area contributed by atoms with E-state index in [4.69, 9.17) is 16.0 Å². The molecule has 0 spiro atoms. The number of hydrogen-bond donors (Lipinski definition) is 1. The van der Waals surface area contributed by atoms with E-state index < -0.39 is 0 Å². The largest absolute Gasteiger partial charge is 0.443 e. The number of rotatable bonds is 5. The third-order valence-electron chi connectivity index (χ3n) is 3.83. The highest BCUT2D eigenvalue weighted by Gasteiger charge is 2.19. The zero-order valence-electron chi connectivity index (χ0n) is 16.3. The number of aromatic nitrogens is 2. The van der Waals surface area contributed by atoms with Gasteiger partial charge in [0.05, 0.1) is 17.8 Å². The first-order valence-electron chi connectivity index (χ1n) is 8.46. The molecule has 0 amide bonds. The molecule has 146 valence electrons. The van der Waals surface area contributed by atoms with Crippen molar-refractivity contribution < 1.29 is 4.42 Å². The van der Waals surface area contributed by atoms with Gasteiger partial charge in [0.2, 0.25) is 5.89 Å². The maximum absolute atomic E-state index is 6.06. The standard InChI is InChI=1S/C18H28ClN5O.HI/c1-7-20-17(24(6)12-14-8-13(19)11-23(14)5)22-10-16-21-9-15(25-16)18(2,3)4;/h8-9,11H,7,10,12H2,1-6H3,(H,20,22);1H. The molecule has 0 unspecified atom stereocenters. The first-order valence-corrected chi connectivity index (χ1v) is 8.84. The van der Waals surface area contributed by atoms with Crippen LogP contribution < -0.4 is 5.32 Å². The highest BCUT2D eigenvalue weighted by molar-refractivity contribution is 14.0. The average Bonchev–Trinajstić information content (AvgIpc) is 3.10. The smallest absolute Gasteiger partial charge is 0.216 e. The molecule has 0 atom stereocenters. The van der Waals surface area contributed by atoms with E-state index in [0.29, 0.717) is 19.0 Å². The molecule has 0 fully saturated rings. The molecule has 2 aromatic rings. The molecule has 6 nitrogen and oxygen atoms in total. The van der Waals surface area contributed by atoms with Gasteiger partial charge in [0, 0.05) is 37.9 Å². The minimum Gasteiger partial charge on any atom is -0.443 e. The van der Waals surface area contributed by atoms with Crippen LogP contribution >= 0.6 is 35.6 Å². The van der Waals surface area contributed by atoms with Crippen molar-refractivity contribution in [1.82, 2.24) is 19.8 Å². The number of oxazole rings is 1. The molecule has 0 saturated carbocycles. The quantitative estimate of drug-likeness (QED) is 0.386. The van der Waals surface area contributed by atoms with Crippen LogP contribution in [-0.4, -0.2) is 34.0 Å². The van der Waals surface area contributed by atoms with E-state index in [0.717, 1.165) is 29.0 Å². The highest BCUT2D eigenvalue weighted by Crippen LogP contribution is 2.22. The third kappa shape index (κ3) is 6.19. The Kier molecular flexibility index (Phi) is 8.46. The second-order valence-corrected chi connectivity index (χ2v) is 7.59. The molecule has 2 heterocycles. The number of nitrogens with one attached hydrogen (secondary N) is 1. The van der Waals surface area contributed by atoms with Gasteiger partial charge in [-0.15, -0.1) is 24.0 Å². The van der Waals surface area contributed by atoms with E-state index in [1.165, 1.54) is 0 Å². The minimum absolute atomic E-state index is 0. The first-order chi connectivity index (χ1) is 11.7. The number of guanidine groups is 1. The van der Waals surface area contributed by atoms with Crippen molar-refractivity contribution in [1.29, 1.82) is 0 Å². The fourth-order valence-corrected chi connectivity index (χ4v) is 2.66. The fourth-order valence-electron chi connectivity index (χ4n) is 2.38. The van der Waals surface area contributed by atoms with Crippen LogP contribution in [-0.2, 0) is 25.6 Å². The lowest BCUT2D eigenvalue weighted by Gasteiger charge is -2.22. The number of aliphatic imine (C=N–C) groups is 1. The Morgan fingerprint density at radius 2 is 2.12 bits per heavy atom. The summed E-state index contributed by atoms with van der Waals surface area (Å²) < 4.78 is 7.83. The molecular formula is C18H29ClIN5O. The van der Waals surface area contributed by atoms with Crippen molar-refractivity contribution in [3.63, 3.8) is 0 Å². The monoisotopic (exact) mass is 493 g/mol. The van der Waals surface area contributed by atoms with E-state index in [9.17, 15) is 0 Å². The molecule has 0 aliphatic heterocycles. The van der Waals surface area contributed by atoms with Crippen LogP contribution in [0, 0.1) is 0 Å². The van der Waals surface area contributed by atoms with Gasteiger partial charge >= 0.3 is 0 Å². The van der Waals surface area contributed by atoms with Crippen LogP contribution in [0.5, 0.6) is 0 Å². The maximum Gasteiger partial charge on any atom is 0.216 e. The van der Waals surface area contributed by atoms with E-state index >= 15 is 0 Å². The summed E-state index contributed by atoms with van der Waals surface area (Å²) >= 11 is 6.06. The summed E-state index contributed by atoms with van der Waals surface area (Å²) in [5, 5.41) is 4.04. The molecule has 0 saturated heterocycles. The van der Waals surface area contributed by atoms with E-state index in [-0.39, 0.29) is 29.4 Å². The van der Waals surface area contributed by atoms with Crippen molar-refractivity contribution >= 4 is 41.5 Å². The van der Waals surface area contributed by atoms with Gasteiger partial charge in [-0.05, 0) is 13.0 Å². The number of aryl methyl sites for hydroxylation is 1. The van der Waals surface area contributed by atoms with Crippen LogP contribution in [0.25, 0.3) is 0 Å². The van der Waals surface area contributed by atoms with Gasteiger partial charge in [-0.25, -0.2) is 9.98 Å². The molecule has 1 N–H and O–H groups in total. The van der Waals surface area contributed by atoms with Gasteiger partial charge < -0.3 is 19.2 Å². The van der Waals surface area contributed by atoms with Gasteiger partial charge in [-0.2, -0.15) is 0 Å².